The highest BCUT2D eigenvalue weighted by molar-refractivity contribution is 6.31. The van der Waals surface area contributed by atoms with Crippen molar-refractivity contribution in [2.24, 2.45) is 0 Å². The summed E-state index contributed by atoms with van der Waals surface area (Å²) in [5.74, 6) is -1.01. The summed E-state index contributed by atoms with van der Waals surface area (Å²) in [4.78, 5) is 28.6. The van der Waals surface area contributed by atoms with Crippen molar-refractivity contribution in [1.29, 1.82) is 0 Å². The van der Waals surface area contributed by atoms with Gasteiger partial charge in [-0.05, 0) is 48.7 Å². The van der Waals surface area contributed by atoms with E-state index >= 15 is 0 Å². The largest absolute Gasteiger partial charge is 0.450 e. The van der Waals surface area contributed by atoms with E-state index in [1.54, 1.807) is 42.5 Å². The highest BCUT2D eigenvalue weighted by atomic mass is 35.5. The third kappa shape index (κ3) is 3.12. The molecule has 1 aliphatic rings. The summed E-state index contributed by atoms with van der Waals surface area (Å²) in [7, 11) is 0. The number of hydrogen-bond donors (Lipinski definition) is 0. The predicted molar refractivity (Wildman–Crippen MR) is 122 cm³/mol. The van der Waals surface area contributed by atoms with E-state index in [4.69, 9.17) is 16.0 Å². The second-order valence-corrected chi connectivity index (χ2v) is 8.48. The molecule has 0 saturated heterocycles. The molecule has 1 unspecified atom stereocenters. The average Bonchev–Trinajstić information content (AvgIpc) is 3.01. The van der Waals surface area contributed by atoms with Gasteiger partial charge in [-0.15, -0.1) is 0 Å². The van der Waals surface area contributed by atoms with Crippen LogP contribution in [0.1, 0.15) is 44.4 Å². The van der Waals surface area contributed by atoms with Crippen molar-refractivity contribution in [1.82, 2.24) is 4.90 Å². The molecule has 0 fully saturated rings. The lowest BCUT2D eigenvalue weighted by Crippen LogP contribution is -2.30. The third-order valence-electron chi connectivity index (χ3n) is 5.91. The number of amides is 1. The maximum absolute atomic E-state index is 14.9. The van der Waals surface area contributed by atoms with Crippen LogP contribution in [-0.4, -0.2) is 10.8 Å². The monoisotopic (exact) mass is 447 g/mol. The highest BCUT2D eigenvalue weighted by Gasteiger charge is 2.44. The first-order valence-corrected chi connectivity index (χ1v) is 10.6. The Kier molecular flexibility index (Phi) is 4.86. The lowest BCUT2D eigenvalue weighted by Gasteiger charge is -2.26. The van der Waals surface area contributed by atoms with E-state index in [9.17, 15) is 14.0 Å². The van der Waals surface area contributed by atoms with Crippen LogP contribution < -0.4 is 5.43 Å². The quantitative estimate of drug-likeness (QED) is 0.390. The normalized spacial score (nSPS) is 15.4. The number of fused-ring (bicyclic) bond motifs is 2. The van der Waals surface area contributed by atoms with Crippen LogP contribution in [0.25, 0.3) is 11.0 Å². The number of halogens is 2. The second kappa shape index (κ2) is 7.61. The van der Waals surface area contributed by atoms with Crippen molar-refractivity contribution < 1.29 is 13.6 Å². The molecule has 32 heavy (non-hydrogen) atoms. The molecule has 5 rings (SSSR count). The van der Waals surface area contributed by atoms with Crippen LogP contribution in [0.5, 0.6) is 0 Å². The summed E-state index contributed by atoms with van der Waals surface area (Å²) in [5, 5.41) is 0.891. The van der Waals surface area contributed by atoms with E-state index in [1.165, 1.54) is 11.0 Å². The zero-order valence-electron chi connectivity index (χ0n) is 17.5. The summed E-state index contributed by atoms with van der Waals surface area (Å²) in [6, 6.07) is 16.0. The molecule has 0 saturated carbocycles. The Balaban J connectivity index is 1.79. The fraction of sp³-hybridized carbons (Fsp3) is 0.154. The topological polar surface area (TPSA) is 50.5 Å². The van der Waals surface area contributed by atoms with Gasteiger partial charge in [0.15, 0.2) is 5.43 Å². The molecule has 0 radical (unpaired) electrons. The summed E-state index contributed by atoms with van der Waals surface area (Å²) in [5.41, 5.74) is 2.80. The van der Waals surface area contributed by atoms with Crippen LogP contribution in [0.15, 0.2) is 69.9 Å². The number of rotatable bonds is 3. The van der Waals surface area contributed by atoms with Crippen molar-refractivity contribution in [3.05, 3.63) is 115 Å². The minimum absolute atomic E-state index is 0.0483. The van der Waals surface area contributed by atoms with Gasteiger partial charge in [0.2, 0.25) is 5.76 Å². The van der Waals surface area contributed by atoms with Crippen molar-refractivity contribution in [3.8, 4) is 0 Å². The van der Waals surface area contributed by atoms with Crippen molar-refractivity contribution in [2.45, 2.75) is 26.4 Å². The van der Waals surface area contributed by atoms with Gasteiger partial charge in [0.25, 0.3) is 5.91 Å². The highest BCUT2D eigenvalue weighted by Crippen LogP contribution is 2.40. The fourth-order valence-corrected chi connectivity index (χ4v) is 4.70. The summed E-state index contributed by atoms with van der Waals surface area (Å²) < 4.78 is 20.9. The summed E-state index contributed by atoms with van der Waals surface area (Å²) in [6.07, 6.45) is 0. The first kappa shape index (κ1) is 20.5. The molecular weight excluding hydrogens is 429 g/mol. The molecule has 1 atom stereocenters. The Labute approximate surface area is 188 Å². The molecule has 0 N–H and O–H groups in total. The van der Waals surface area contributed by atoms with E-state index in [-0.39, 0.29) is 28.9 Å². The van der Waals surface area contributed by atoms with Crippen molar-refractivity contribution in [3.63, 3.8) is 0 Å². The number of aryl methyl sites for hydroxylation is 2. The van der Waals surface area contributed by atoms with E-state index in [2.05, 4.69) is 0 Å². The Hall–Kier alpha value is -3.44. The van der Waals surface area contributed by atoms with Gasteiger partial charge < -0.3 is 9.32 Å². The predicted octanol–water partition coefficient (Wildman–Crippen LogP) is 5.95. The third-order valence-corrected chi connectivity index (χ3v) is 6.28. The number of hydrogen-bond acceptors (Lipinski definition) is 3. The molecule has 6 heteroatoms. The first-order chi connectivity index (χ1) is 15.4. The number of carbonyl (C=O) groups is 1. The lowest BCUT2D eigenvalue weighted by atomic mass is 9.96. The molecule has 4 nitrogen and oxygen atoms in total. The maximum Gasteiger partial charge on any atom is 0.291 e. The molecule has 3 aromatic carbocycles. The number of benzene rings is 3. The molecular formula is C26H19ClFNO3. The van der Waals surface area contributed by atoms with Crippen LogP contribution in [-0.2, 0) is 6.54 Å². The van der Waals surface area contributed by atoms with Crippen molar-refractivity contribution in [2.75, 3.05) is 0 Å². The smallest absolute Gasteiger partial charge is 0.291 e. The van der Waals surface area contributed by atoms with Crippen LogP contribution in [0.2, 0.25) is 5.02 Å². The Bertz CT molecular complexity index is 1460. The Morgan fingerprint density at radius 2 is 1.75 bits per heavy atom. The average molecular weight is 448 g/mol. The van der Waals surface area contributed by atoms with E-state index in [1.807, 2.05) is 26.0 Å². The van der Waals surface area contributed by atoms with Gasteiger partial charge in [-0.3, -0.25) is 9.59 Å². The molecule has 1 amide bonds. The molecule has 1 aromatic heterocycles. The van der Waals surface area contributed by atoms with Crippen molar-refractivity contribution >= 4 is 28.5 Å². The molecule has 4 aromatic rings. The first-order valence-electron chi connectivity index (χ1n) is 10.2. The number of nitrogens with zero attached hydrogens (tertiary/aromatic N) is 1. The molecule has 0 spiro atoms. The minimum Gasteiger partial charge on any atom is -0.450 e. The van der Waals surface area contributed by atoms with Gasteiger partial charge in [0.1, 0.15) is 11.4 Å². The standard InChI is InChI=1S/C26H19ClFNO3/c1-14-11-15(2)21-20(12-14)32-25-22(24(21)30)23(17-8-4-6-10-19(17)28)29(26(25)31)13-16-7-3-5-9-18(16)27/h3-12,23H,13H2,1-2H3. The van der Waals surface area contributed by atoms with Gasteiger partial charge in [-0.1, -0.05) is 54.1 Å². The molecule has 1 aliphatic heterocycles. The van der Waals surface area contributed by atoms with Crippen LogP contribution in [0, 0.1) is 19.7 Å². The molecule has 160 valence electrons. The van der Waals surface area contributed by atoms with Gasteiger partial charge in [0.05, 0.1) is 17.0 Å². The van der Waals surface area contributed by atoms with E-state index in [0.29, 0.717) is 21.6 Å². The van der Waals surface area contributed by atoms with Crippen LogP contribution in [0.3, 0.4) is 0 Å². The van der Waals surface area contributed by atoms with E-state index < -0.39 is 17.8 Å². The molecule has 0 bridgehead atoms. The van der Waals surface area contributed by atoms with E-state index in [0.717, 1.165) is 11.1 Å². The van der Waals surface area contributed by atoms with Gasteiger partial charge in [0, 0.05) is 17.1 Å². The van der Waals surface area contributed by atoms with Crippen LogP contribution >= 0.6 is 11.6 Å². The van der Waals surface area contributed by atoms with Gasteiger partial charge in [-0.2, -0.15) is 0 Å². The fourth-order valence-electron chi connectivity index (χ4n) is 4.51. The maximum atomic E-state index is 14.9. The van der Waals surface area contributed by atoms with Gasteiger partial charge >= 0.3 is 0 Å². The number of carbonyl (C=O) groups excluding carboxylic acids is 1. The Morgan fingerprint density at radius 3 is 2.50 bits per heavy atom. The lowest BCUT2D eigenvalue weighted by molar-refractivity contribution is 0.0712. The Morgan fingerprint density at radius 1 is 1.03 bits per heavy atom. The zero-order chi connectivity index (χ0) is 22.6. The van der Waals surface area contributed by atoms with Crippen LogP contribution in [0.4, 0.5) is 4.39 Å². The second-order valence-electron chi connectivity index (χ2n) is 8.08. The molecule has 0 aliphatic carbocycles. The SMILES string of the molecule is Cc1cc(C)c2c(=O)c3c(oc2c1)C(=O)N(Cc1ccccc1Cl)C3c1ccccc1F. The zero-order valence-corrected chi connectivity index (χ0v) is 18.2. The van der Waals surface area contributed by atoms with Gasteiger partial charge in [-0.25, -0.2) is 4.39 Å². The minimum atomic E-state index is -0.920. The summed E-state index contributed by atoms with van der Waals surface area (Å²) in [6.45, 7) is 3.83. The summed E-state index contributed by atoms with van der Waals surface area (Å²) >= 11 is 6.34. The molecule has 2 heterocycles.